The van der Waals surface area contributed by atoms with Gasteiger partial charge in [0.05, 0.1) is 10.7 Å². The molecule has 0 aromatic rings. The van der Waals surface area contributed by atoms with Crippen LogP contribution in [0.3, 0.4) is 0 Å². The van der Waals surface area contributed by atoms with Gasteiger partial charge in [0.2, 0.25) is 10.0 Å². The molecule has 2 unspecified atom stereocenters. The molecule has 2 atom stereocenters. The Bertz CT molecular complexity index is 442. The van der Waals surface area contributed by atoms with Gasteiger partial charge in [0.1, 0.15) is 0 Å². The lowest BCUT2D eigenvalue weighted by molar-refractivity contribution is -0.151. The van der Waals surface area contributed by atoms with E-state index >= 15 is 0 Å². The monoisotopic (exact) mass is 289 g/mol. The SMILES string of the molecule is CC1(C(=O)O)CCCCC1NS(=O)(=O)C1CCCC1. The van der Waals surface area contributed by atoms with Crippen LogP contribution in [0, 0.1) is 5.41 Å². The number of aliphatic carboxylic acids is 1. The van der Waals surface area contributed by atoms with Crippen LogP contribution in [0.2, 0.25) is 0 Å². The molecule has 2 fully saturated rings. The molecule has 6 heteroatoms. The van der Waals surface area contributed by atoms with Crippen molar-refractivity contribution in [2.75, 3.05) is 0 Å². The summed E-state index contributed by atoms with van der Waals surface area (Å²) >= 11 is 0. The molecule has 2 N–H and O–H groups in total. The Morgan fingerprint density at radius 2 is 1.74 bits per heavy atom. The first-order chi connectivity index (χ1) is 8.86. The molecule has 0 aromatic heterocycles. The minimum absolute atomic E-state index is 0.326. The zero-order valence-corrected chi connectivity index (χ0v) is 12.2. The molecule has 5 nitrogen and oxygen atoms in total. The lowest BCUT2D eigenvalue weighted by Gasteiger charge is -2.38. The molecule has 19 heavy (non-hydrogen) atoms. The highest BCUT2D eigenvalue weighted by molar-refractivity contribution is 7.90. The Kier molecular flexibility index (Phi) is 4.20. The number of sulfonamides is 1. The van der Waals surface area contributed by atoms with Crippen LogP contribution in [-0.2, 0) is 14.8 Å². The Hall–Kier alpha value is -0.620. The van der Waals surface area contributed by atoms with Crippen molar-refractivity contribution >= 4 is 16.0 Å². The molecule has 0 radical (unpaired) electrons. The highest BCUT2D eigenvalue weighted by Gasteiger charge is 2.45. The second-order valence-electron chi connectivity index (χ2n) is 6.09. The van der Waals surface area contributed by atoms with Gasteiger partial charge >= 0.3 is 5.97 Å². The standard InChI is InChI=1S/C13H23NO4S/c1-13(12(15)16)9-5-4-8-11(13)14-19(17,18)10-6-2-3-7-10/h10-11,14H,2-9H2,1H3,(H,15,16). The molecule has 0 heterocycles. The predicted molar refractivity (Wildman–Crippen MR) is 72.3 cm³/mol. The molecular weight excluding hydrogens is 266 g/mol. The Balaban J connectivity index is 2.13. The average Bonchev–Trinajstić information content (AvgIpc) is 2.86. The largest absolute Gasteiger partial charge is 0.481 e. The number of hydrogen-bond donors (Lipinski definition) is 2. The van der Waals surface area contributed by atoms with Crippen LogP contribution in [0.5, 0.6) is 0 Å². The Morgan fingerprint density at radius 1 is 1.16 bits per heavy atom. The predicted octanol–water partition coefficient (Wildman–Crippen LogP) is 1.88. The van der Waals surface area contributed by atoms with Crippen molar-refractivity contribution in [2.45, 2.75) is 69.6 Å². The number of carbonyl (C=O) groups is 1. The Labute approximate surface area is 114 Å². The molecule has 0 amide bonds. The van der Waals surface area contributed by atoms with Crippen LogP contribution in [0.4, 0.5) is 0 Å². The third-order valence-corrected chi connectivity index (χ3v) is 6.71. The first kappa shape index (κ1) is 14.8. The van der Waals surface area contributed by atoms with E-state index in [1.54, 1.807) is 6.92 Å². The van der Waals surface area contributed by atoms with E-state index in [1.165, 1.54) is 0 Å². The second-order valence-corrected chi connectivity index (χ2v) is 8.08. The first-order valence-corrected chi connectivity index (χ1v) is 8.65. The first-order valence-electron chi connectivity index (χ1n) is 7.11. The number of rotatable bonds is 4. The summed E-state index contributed by atoms with van der Waals surface area (Å²) in [7, 11) is -3.38. The summed E-state index contributed by atoms with van der Waals surface area (Å²) in [4.78, 5) is 11.5. The maximum atomic E-state index is 12.3. The van der Waals surface area contributed by atoms with Crippen molar-refractivity contribution in [3.8, 4) is 0 Å². The summed E-state index contributed by atoms with van der Waals surface area (Å²) in [5, 5.41) is 9.07. The van der Waals surface area contributed by atoms with Crippen LogP contribution in [0.25, 0.3) is 0 Å². The van der Waals surface area contributed by atoms with Gasteiger partial charge in [0, 0.05) is 6.04 Å². The fourth-order valence-electron chi connectivity index (χ4n) is 3.27. The molecule has 110 valence electrons. The lowest BCUT2D eigenvalue weighted by Crippen LogP contribution is -2.53. The normalized spacial score (nSPS) is 33.4. The number of carboxylic acids is 1. The van der Waals surface area contributed by atoms with Gasteiger partial charge in [-0.1, -0.05) is 25.7 Å². The zero-order chi connectivity index (χ0) is 14.1. The topological polar surface area (TPSA) is 83.5 Å². The number of hydrogen-bond acceptors (Lipinski definition) is 3. The van der Waals surface area contributed by atoms with E-state index < -0.39 is 27.4 Å². The summed E-state index contributed by atoms with van der Waals surface area (Å²) < 4.78 is 27.3. The van der Waals surface area contributed by atoms with Gasteiger partial charge < -0.3 is 5.11 Å². The van der Waals surface area contributed by atoms with Crippen LogP contribution in [0.15, 0.2) is 0 Å². The molecule has 0 saturated heterocycles. The molecule has 2 aliphatic carbocycles. The molecule has 0 aliphatic heterocycles. The molecule has 2 rings (SSSR count). The van der Waals surface area contributed by atoms with E-state index in [0.717, 1.165) is 25.7 Å². The fraction of sp³-hybridized carbons (Fsp3) is 0.923. The van der Waals surface area contributed by atoms with E-state index in [4.69, 9.17) is 0 Å². The molecule has 0 spiro atoms. The van der Waals surface area contributed by atoms with Gasteiger partial charge in [0.25, 0.3) is 0 Å². The molecule has 0 aromatic carbocycles. The van der Waals surface area contributed by atoms with Crippen molar-refractivity contribution < 1.29 is 18.3 Å². The average molecular weight is 289 g/mol. The van der Waals surface area contributed by atoms with Crippen molar-refractivity contribution in [3.05, 3.63) is 0 Å². The van der Waals surface area contributed by atoms with Crippen molar-refractivity contribution in [3.63, 3.8) is 0 Å². The van der Waals surface area contributed by atoms with Crippen molar-refractivity contribution in [1.82, 2.24) is 4.72 Å². The van der Waals surface area contributed by atoms with E-state index in [0.29, 0.717) is 25.7 Å². The third-order valence-electron chi connectivity index (χ3n) is 4.74. The van der Waals surface area contributed by atoms with Crippen LogP contribution in [0.1, 0.15) is 58.3 Å². The molecule has 2 aliphatic rings. The van der Waals surface area contributed by atoms with Crippen LogP contribution in [-0.4, -0.2) is 30.8 Å². The van der Waals surface area contributed by atoms with E-state index in [2.05, 4.69) is 4.72 Å². The van der Waals surface area contributed by atoms with Crippen LogP contribution >= 0.6 is 0 Å². The van der Waals surface area contributed by atoms with Gasteiger partial charge in [-0.05, 0) is 32.6 Å². The van der Waals surface area contributed by atoms with E-state index in [-0.39, 0.29) is 5.25 Å². The highest BCUT2D eigenvalue weighted by atomic mass is 32.2. The third kappa shape index (κ3) is 2.94. The van der Waals surface area contributed by atoms with Crippen LogP contribution < -0.4 is 4.72 Å². The summed E-state index contributed by atoms with van der Waals surface area (Å²) in [6.45, 7) is 1.66. The van der Waals surface area contributed by atoms with Crippen molar-refractivity contribution in [1.29, 1.82) is 0 Å². The minimum Gasteiger partial charge on any atom is -0.481 e. The van der Waals surface area contributed by atoms with Gasteiger partial charge in [-0.25, -0.2) is 13.1 Å². The highest BCUT2D eigenvalue weighted by Crippen LogP contribution is 2.37. The lowest BCUT2D eigenvalue weighted by atomic mass is 9.72. The number of carboxylic acid groups (broad SMARTS) is 1. The smallest absolute Gasteiger partial charge is 0.310 e. The van der Waals surface area contributed by atoms with Gasteiger partial charge in [-0.3, -0.25) is 4.79 Å². The second kappa shape index (κ2) is 5.40. The van der Waals surface area contributed by atoms with E-state index in [1.807, 2.05) is 0 Å². The zero-order valence-electron chi connectivity index (χ0n) is 11.4. The summed E-state index contributed by atoms with van der Waals surface area (Å²) in [6.07, 6.45) is 6.21. The maximum absolute atomic E-state index is 12.3. The summed E-state index contributed by atoms with van der Waals surface area (Å²) in [6, 6.07) is -0.468. The fourth-order valence-corrected chi connectivity index (χ4v) is 5.19. The van der Waals surface area contributed by atoms with Gasteiger partial charge in [-0.2, -0.15) is 0 Å². The quantitative estimate of drug-likeness (QED) is 0.827. The van der Waals surface area contributed by atoms with Gasteiger partial charge in [-0.15, -0.1) is 0 Å². The molecule has 0 bridgehead atoms. The summed E-state index contributed by atoms with van der Waals surface area (Å²) in [5.74, 6) is -0.897. The minimum atomic E-state index is -3.38. The number of nitrogens with one attached hydrogen (secondary N) is 1. The Morgan fingerprint density at radius 3 is 2.32 bits per heavy atom. The van der Waals surface area contributed by atoms with Crippen molar-refractivity contribution in [2.24, 2.45) is 5.41 Å². The van der Waals surface area contributed by atoms with E-state index in [9.17, 15) is 18.3 Å². The van der Waals surface area contributed by atoms with Gasteiger partial charge in [0.15, 0.2) is 0 Å². The maximum Gasteiger partial charge on any atom is 0.310 e. The molecular formula is C13H23NO4S. The summed E-state index contributed by atoms with van der Waals surface area (Å²) in [5.41, 5.74) is -0.968. The molecule has 2 saturated carbocycles.